The van der Waals surface area contributed by atoms with E-state index in [4.69, 9.17) is 10.3 Å². The summed E-state index contributed by atoms with van der Waals surface area (Å²) in [4.78, 5) is 0. The molecule has 2 rings (SSSR count). The van der Waals surface area contributed by atoms with Crippen LogP contribution in [0, 0.1) is 12.7 Å². The van der Waals surface area contributed by atoms with Crippen LogP contribution in [0.3, 0.4) is 0 Å². The van der Waals surface area contributed by atoms with Crippen LogP contribution in [0.15, 0.2) is 16.7 Å². The van der Waals surface area contributed by atoms with Crippen LogP contribution < -0.4 is 5.73 Å². The van der Waals surface area contributed by atoms with Crippen molar-refractivity contribution in [3.8, 4) is 0 Å². The lowest BCUT2D eigenvalue weighted by molar-refractivity contribution is 0.435. The molecule has 4 heteroatoms. The minimum atomic E-state index is -0.404. The molecule has 0 bridgehead atoms. The number of rotatable bonds is 1. The maximum Gasteiger partial charge on any atom is 0.202 e. The van der Waals surface area contributed by atoms with Crippen LogP contribution in [0.25, 0.3) is 11.0 Å². The molecule has 68 valence electrons. The number of aryl methyl sites for hydroxylation is 1. The van der Waals surface area contributed by atoms with E-state index in [-0.39, 0.29) is 5.58 Å². The van der Waals surface area contributed by atoms with Crippen LogP contribution in [0.4, 0.5) is 4.39 Å². The highest BCUT2D eigenvalue weighted by Gasteiger charge is 2.10. The molecule has 1 aromatic carbocycles. The van der Waals surface area contributed by atoms with Gasteiger partial charge in [0, 0.05) is 11.9 Å². The number of hydrogen-bond donors (Lipinski definition) is 1. The summed E-state index contributed by atoms with van der Waals surface area (Å²) in [5.74, 6) is -0.404. The van der Waals surface area contributed by atoms with Gasteiger partial charge in [0.05, 0.1) is 5.69 Å². The third-order valence-corrected chi connectivity index (χ3v) is 2.00. The Bertz CT molecular complexity index is 450. The van der Waals surface area contributed by atoms with Crippen molar-refractivity contribution in [2.45, 2.75) is 13.5 Å². The van der Waals surface area contributed by atoms with Gasteiger partial charge >= 0.3 is 0 Å². The molecule has 0 saturated carbocycles. The molecule has 13 heavy (non-hydrogen) atoms. The van der Waals surface area contributed by atoms with Crippen molar-refractivity contribution in [3.63, 3.8) is 0 Å². The maximum absolute atomic E-state index is 13.3. The molecule has 0 atom stereocenters. The number of hydrogen-bond acceptors (Lipinski definition) is 3. The maximum atomic E-state index is 13.3. The molecule has 0 saturated heterocycles. The fourth-order valence-corrected chi connectivity index (χ4v) is 1.29. The zero-order chi connectivity index (χ0) is 9.42. The molecule has 0 aliphatic heterocycles. The van der Waals surface area contributed by atoms with Gasteiger partial charge < -0.3 is 10.3 Å². The van der Waals surface area contributed by atoms with Gasteiger partial charge in [0.25, 0.3) is 0 Å². The molecule has 0 aliphatic carbocycles. The minimum Gasteiger partial charge on any atom is -0.353 e. The van der Waals surface area contributed by atoms with Gasteiger partial charge in [-0.25, -0.2) is 4.39 Å². The van der Waals surface area contributed by atoms with E-state index in [0.29, 0.717) is 17.6 Å². The first-order valence-corrected chi connectivity index (χ1v) is 3.97. The molecule has 0 unspecified atom stereocenters. The fraction of sp³-hybridized carbons (Fsp3) is 0.222. The quantitative estimate of drug-likeness (QED) is 0.727. The molecule has 2 N–H and O–H groups in total. The van der Waals surface area contributed by atoms with Crippen molar-refractivity contribution in [3.05, 3.63) is 29.2 Å². The molecule has 1 aromatic heterocycles. The molecule has 0 radical (unpaired) electrons. The van der Waals surface area contributed by atoms with Crippen molar-refractivity contribution in [2.75, 3.05) is 0 Å². The molecule has 0 aliphatic rings. The van der Waals surface area contributed by atoms with Crippen molar-refractivity contribution in [1.29, 1.82) is 0 Å². The number of nitrogens with two attached hydrogens (primary N) is 1. The van der Waals surface area contributed by atoms with E-state index in [1.165, 1.54) is 6.07 Å². The first-order valence-electron chi connectivity index (χ1n) is 3.97. The highest BCUT2D eigenvalue weighted by molar-refractivity contribution is 5.80. The highest BCUT2D eigenvalue weighted by atomic mass is 19.1. The van der Waals surface area contributed by atoms with Crippen LogP contribution in [-0.4, -0.2) is 5.16 Å². The molecule has 0 amide bonds. The molecule has 0 fully saturated rings. The largest absolute Gasteiger partial charge is 0.353 e. The standard InChI is InChI=1S/C9H9FN2O/c1-5-7-2-6(4-11)3-8(10)9(7)13-12-5/h2-3H,4,11H2,1H3. The van der Waals surface area contributed by atoms with E-state index >= 15 is 0 Å². The van der Waals surface area contributed by atoms with E-state index in [1.807, 2.05) is 0 Å². The normalized spacial score (nSPS) is 11.0. The number of fused-ring (bicyclic) bond motifs is 1. The molecule has 0 spiro atoms. The summed E-state index contributed by atoms with van der Waals surface area (Å²) in [6.45, 7) is 2.09. The van der Waals surface area contributed by atoms with Crippen molar-refractivity contribution >= 4 is 11.0 Å². The smallest absolute Gasteiger partial charge is 0.202 e. The fourth-order valence-electron chi connectivity index (χ4n) is 1.29. The second-order valence-corrected chi connectivity index (χ2v) is 2.93. The van der Waals surface area contributed by atoms with Crippen LogP contribution in [0.2, 0.25) is 0 Å². The number of nitrogens with zero attached hydrogens (tertiary/aromatic N) is 1. The van der Waals surface area contributed by atoms with Gasteiger partial charge in [0.1, 0.15) is 0 Å². The van der Waals surface area contributed by atoms with Crippen LogP contribution in [0.1, 0.15) is 11.3 Å². The van der Waals surface area contributed by atoms with Gasteiger partial charge in [-0.15, -0.1) is 0 Å². The highest BCUT2D eigenvalue weighted by Crippen LogP contribution is 2.22. The number of benzene rings is 1. The van der Waals surface area contributed by atoms with Gasteiger partial charge in [0.2, 0.25) is 5.58 Å². The van der Waals surface area contributed by atoms with Gasteiger partial charge in [-0.05, 0) is 24.6 Å². The summed E-state index contributed by atoms with van der Waals surface area (Å²) < 4.78 is 18.1. The Morgan fingerprint density at radius 1 is 1.54 bits per heavy atom. The number of aromatic nitrogens is 1. The van der Waals surface area contributed by atoms with E-state index in [2.05, 4.69) is 5.16 Å². The van der Waals surface area contributed by atoms with Crippen LogP contribution >= 0.6 is 0 Å². The number of halogens is 1. The lowest BCUT2D eigenvalue weighted by atomic mass is 10.1. The Morgan fingerprint density at radius 3 is 3.00 bits per heavy atom. The summed E-state index contributed by atoms with van der Waals surface area (Å²) in [6.07, 6.45) is 0. The van der Waals surface area contributed by atoms with Crippen LogP contribution in [-0.2, 0) is 6.54 Å². The Hall–Kier alpha value is -1.42. The van der Waals surface area contributed by atoms with Crippen molar-refractivity contribution in [2.24, 2.45) is 5.73 Å². The van der Waals surface area contributed by atoms with Gasteiger partial charge in [-0.1, -0.05) is 5.16 Å². The van der Waals surface area contributed by atoms with Crippen LogP contribution in [0.5, 0.6) is 0 Å². The molecular weight excluding hydrogens is 171 g/mol. The SMILES string of the molecule is Cc1noc2c(F)cc(CN)cc12. The third-order valence-electron chi connectivity index (χ3n) is 2.00. The van der Waals surface area contributed by atoms with E-state index in [0.717, 1.165) is 5.56 Å². The first kappa shape index (κ1) is 8.19. The van der Waals surface area contributed by atoms with E-state index in [1.54, 1.807) is 13.0 Å². The zero-order valence-electron chi connectivity index (χ0n) is 7.17. The van der Waals surface area contributed by atoms with E-state index < -0.39 is 5.82 Å². The molecule has 1 heterocycles. The average Bonchev–Trinajstić information content (AvgIpc) is 2.48. The second kappa shape index (κ2) is 2.81. The predicted molar refractivity (Wildman–Crippen MR) is 46.6 cm³/mol. The Balaban J connectivity index is 2.80. The Morgan fingerprint density at radius 2 is 2.31 bits per heavy atom. The zero-order valence-corrected chi connectivity index (χ0v) is 7.17. The summed E-state index contributed by atoms with van der Waals surface area (Å²) in [7, 11) is 0. The summed E-state index contributed by atoms with van der Waals surface area (Å²) >= 11 is 0. The van der Waals surface area contributed by atoms with E-state index in [9.17, 15) is 4.39 Å². The monoisotopic (exact) mass is 180 g/mol. The first-order chi connectivity index (χ1) is 6.22. The van der Waals surface area contributed by atoms with Gasteiger partial charge in [0.15, 0.2) is 5.82 Å². The summed E-state index contributed by atoms with van der Waals surface area (Å²) in [5, 5.41) is 4.37. The summed E-state index contributed by atoms with van der Waals surface area (Å²) in [5.41, 5.74) is 7.05. The Kier molecular flexibility index (Phi) is 1.77. The topological polar surface area (TPSA) is 52.0 Å². The molecular formula is C9H9FN2O. The second-order valence-electron chi connectivity index (χ2n) is 2.93. The summed E-state index contributed by atoms with van der Waals surface area (Å²) in [6, 6.07) is 3.16. The van der Waals surface area contributed by atoms with Crippen molar-refractivity contribution < 1.29 is 8.91 Å². The third kappa shape index (κ3) is 1.19. The lowest BCUT2D eigenvalue weighted by Gasteiger charge is -1.96. The Labute approximate surface area is 74.3 Å². The average molecular weight is 180 g/mol. The van der Waals surface area contributed by atoms with Gasteiger partial charge in [-0.2, -0.15) is 0 Å². The lowest BCUT2D eigenvalue weighted by Crippen LogP contribution is -1.96. The molecule has 2 aromatic rings. The predicted octanol–water partition coefficient (Wildman–Crippen LogP) is 1.73. The molecule has 3 nitrogen and oxygen atoms in total. The van der Waals surface area contributed by atoms with Crippen molar-refractivity contribution in [1.82, 2.24) is 5.16 Å². The van der Waals surface area contributed by atoms with Gasteiger partial charge in [-0.3, -0.25) is 0 Å². The minimum absolute atomic E-state index is 0.203.